The van der Waals surface area contributed by atoms with Crippen LogP contribution in [0.3, 0.4) is 0 Å². The number of para-hydroxylation sites is 1. The molecule has 0 saturated carbocycles. The van der Waals surface area contributed by atoms with Crippen LogP contribution in [0.15, 0.2) is 66.9 Å². The summed E-state index contributed by atoms with van der Waals surface area (Å²) < 4.78 is 2.21. The van der Waals surface area contributed by atoms with Gasteiger partial charge in [0.05, 0.1) is 0 Å². The predicted octanol–water partition coefficient (Wildman–Crippen LogP) is 6.87. The van der Waals surface area contributed by atoms with E-state index >= 15 is 0 Å². The highest BCUT2D eigenvalue weighted by Gasteiger charge is 2.19. The van der Waals surface area contributed by atoms with Crippen LogP contribution in [-0.4, -0.2) is 10.4 Å². The third kappa shape index (κ3) is 3.38. The van der Waals surface area contributed by atoms with Crippen molar-refractivity contribution in [2.24, 2.45) is 0 Å². The van der Waals surface area contributed by atoms with Gasteiger partial charge in [0.2, 0.25) is 0 Å². The molecule has 1 heterocycles. The van der Waals surface area contributed by atoms with Crippen LogP contribution in [0.2, 0.25) is 5.02 Å². The smallest absolute Gasteiger partial charge is 0.195 e. The molecule has 0 aliphatic heterocycles. The summed E-state index contributed by atoms with van der Waals surface area (Å²) in [6, 6.07) is 19.7. The standard InChI is InChI=1S/C24H22ClNO/c1-2-3-8-13-26-16-22(20-11-6-7-12-23(20)26)24(27)21-15-18(25)14-17-9-4-5-10-19(17)21/h4-7,9-12,14-16H,2-3,8,13H2,1H3. The minimum atomic E-state index is 0.0270. The average Bonchev–Trinajstić information content (AvgIpc) is 3.06. The highest BCUT2D eigenvalue weighted by atomic mass is 35.5. The number of fused-ring (bicyclic) bond motifs is 2. The number of nitrogens with zero attached hydrogens (tertiary/aromatic N) is 1. The number of rotatable bonds is 6. The Hall–Kier alpha value is -2.58. The van der Waals surface area contributed by atoms with Crippen molar-refractivity contribution in [3.05, 3.63) is 83.0 Å². The topological polar surface area (TPSA) is 22.0 Å². The van der Waals surface area contributed by atoms with E-state index in [4.69, 9.17) is 11.6 Å². The molecule has 0 saturated heterocycles. The summed E-state index contributed by atoms with van der Waals surface area (Å²) in [5, 5.41) is 3.52. The summed E-state index contributed by atoms with van der Waals surface area (Å²) in [6.45, 7) is 3.13. The largest absolute Gasteiger partial charge is 0.347 e. The molecular weight excluding hydrogens is 354 g/mol. The second-order valence-corrected chi connectivity index (χ2v) is 7.40. The molecule has 3 aromatic carbocycles. The molecule has 0 unspecified atom stereocenters. The van der Waals surface area contributed by atoms with E-state index in [1.54, 1.807) is 6.07 Å². The molecule has 0 atom stereocenters. The Morgan fingerprint density at radius 3 is 2.48 bits per heavy atom. The molecule has 0 bridgehead atoms. The van der Waals surface area contributed by atoms with Crippen molar-refractivity contribution in [3.63, 3.8) is 0 Å². The molecule has 2 nitrogen and oxygen atoms in total. The second kappa shape index (κ2) is 7.58. The lowest BCUT2D eigenvalue weighted by Crippen LogP contribution is -2.02. The van der Waals surface area contributed by atoms with Crippen molar-refractivity contribution in [2.45, 2.75) is 32.7 Å². The number of hydrogen-bond donors (Lipinski definition) is 0. The Morgan fingerprint density at radius 1 is 0.926 bits per heavy atom. The quantitative estimate of drug-likeness (QED) is 0.266. The van der Waals surface area contributed by atoms with Gasteiger partial charge < -0.3 is 4.57 Å². The predicted molar refractivity (Wildman–Crippen MR) is 114 cm³/mol. The molecular formula is C24H22ClNO. The van der Waals surface area contributed by atoms with E-state index in [0.717, 1.165) is 40.2 Å². The first-order valence-electron chi connectivity index (χ1n) is 9.50. The third-order valence-electron chi connectivity index (χ3n) is 5.11. The molecule has 4 rings (SSSR count). The van der Waals surface area contributed by atoms with E-state index in [1.165, 1.54) is 12.8 Å². The summed E-state index contributed by atoms with van der Waals surface area (Å²) in [4.78, 5) is 13.5. The molecule has 0 radical (unpaired) electrons. The van der Waals surface area contributed by atoms with Crippen molar-refractivity contribution in [2.75, 3.05) is 0 Å². The fourth-order valence-electron chi connectivity index (χ4n) is 3.75. The molecule has 0 aliphatic rings. The van der Waals surface area contributed by atoms with Gasteiger partial charge in [-0.15, -0.1) is 0 Å². The molecule has 0 spiro atoms. The zero-order valence-electron chi connectivity index (χ0n) is 15.4. The van der Waals surface area contributed by atoms with E-state index in [-0.39, 0.29) is 5.78 Å². The zero-order chi connectivity index (χ0) is 18.8. The number of unbranched alkanes of at least 4 members (excludes halogenated alkanes) is 2. The Kier molecular flexibility index (Phi) is 5.00. The molecule has 0 N–H and O–H groups in total. The normalized spacial score (nSPS) is 11.3. The van der Waals surface area contributed by atoms with Crippen LogP contribution in [0.4, 0.5) is 0 Å². The number of hydrogen-bond acceptors (Lipinski definition) is 1. The van der Waals surface area contributed by atoms with Crippen LogP contribution in [0, 0.1) is 0 Å². The number of halogens is 1. The summed E-state index contributed by atoms with van der Waals surface area (Å²) in [6.07, 6.45) is 5.50. The number of carbonyl (C=O) groups is 1. The van der Waals surface area contributed by atoms with Crippen molar-refractivity contribution in [3.8, 4) is 0 Å². The van der Waals surface area contributed by atoms with Crippen molar-refractivity contribution in [1.82, 2.24) is 4.57 Å². The van der Waals surface area contributed by atoms with E-state index in [2.05, 4.69) is 17.6 Å². The molecule has 0 amide bonds. The third-order valence-corrected chi connectivity index (χ3v) is 5.33. The van der Waals surface area contributed by atoms with E-state index in [9.17, 15) is 4.79 Å². The van der Waals surface area contributed by atoms with Gasteiger partial charge in [-0.05, 0) is 35.4 Å². The lowest BCUT2D eigenvalue weighted by molar-refractivity contribution is 0.104. The van der Waals surface area contributed by atoms with Gasteiger partial charge in [0.25, 0.3) is 0 Å². The van der Waals surface area contributed by atoms with Crippen LogP contribution in [0.1, 0.15) is 42.1 Å². The van der Waals surface area contributed by atoms with Gasteiger partial charge in [-0.25, -0.2) is 0 Å². The fraction of sp³-hybridized carbons (Fsp3) is 0.208. The Labute approximate surface area is 164 Å². The van der Waals surface area contributed by atoms with Gasteiger partial charge in [0.15, 0.2) is 5.78 Å². The van der Waals surface area contributed by atoms with E-state index < -0.39 is 0 Å². The first-order valence-corrected chi connectivity index (χ1v) is 9.87. The second-order valence-electron chi connectivity index (χ2n) is 6.96. The van der Waals surface area contributed by atoms with Crippen LogP contribution in [-0.2, 0) is 6.54 Å². The first kappa shape index (κ1) is 17.8. The molecule has 4 aromatic rings. The number of aromatic nitrogens is 1. The zero-order valence-corrected chi connectivity index (χ0v) is 16.2. The van der Waals surface area contributed by atoms with Gasteiger partial charge in [-0.2, -0.15) is 0 Å². The first-order chi connectivity index (χ1) is 13.2. The molecule has 27 heavy (non-hydrogen) atoms. The average molecular weight is 376 g/mol. The molecule has 1 aromatic heterocycles. The minimum absolute atomic E-state index is 0.0270. The van der Waals surface area contributed by atoms with Gasteiger partial charge in [-0.1, -0.05) is 73.8 Å². The van der Waals surface area contributed by atoms with Gasteiger partial charge in [0.1, 0.15) is 0 Å². The van der Waals surface area contributed by atoms with Crippen molar-refractivity contribution < 1.29 is 4.79 Å². The maximum absolute atomic E-state index is 13.5. The maximum Gasteiger partial charge on any atom is 0.195 e. The van der Waals surface area contributed by atoms with Gasteiger partial charge >= 0.3 is 0 Å². The molecule has 0 aliphatic carbocycles. The lowest BCUT2D eigenvalue weighted by atomic mass is 9.97. The monoisotopic (exact) mass is 375 g/mol. The van der Waals surface area contributed by atoms with E-state index in [0.29, 0.717) is 10.6 Å². The summed E-state index contributed by atoms with van der Waals surface area (Å²) in [5.74, 6) is 0.0270. The van der Waals surface area contributed by atoms with Crippen LogP contribution in [0.25, 0.3) is 21.7 Å². The van der Waals surface area contributed by atoms with Gasteiger partial charge in [0, 0.05) is 39.8 Å². The fourth-order valence-corrected chi connectivity index (χ4v) is 3.98. The Bertz CT molecular complexity index is 1130. The highest BCUT2D eigenvalue weighted by Crippen LogP contribution is 2.29. The van der Waals surface area contributed by atoms with Crippen molar-refractivity contribution >= 4 is 39.1 Å². The number of carbonyl (C=O) groups excluding carboxylic acids is 1. The molecule has 136 valence electrons. The summed E-state index contributed by atoms with van der Waals surface area (Å²) in [5.41, 5.74) is 2.52. The van der Waals surface area contributed by atoms with Crippen LogP contribution >= 0.6 is 11.6 Å². The minimum Gasteiger partial charge on any atom is -0.347 e. The lowest BCUT2D eigenvalue weighted by Gasteiger charge is -2.06. The van der Waals surface area contributed by atoms with Crippen LogP contribution in [0.5, 0.6) is 0 Å². The van der Waals surface area contributed by atoms with E-state index in [1.807, 2.05) is 54.7 Å². The Morgan fingerprint density at radius 2 is 1.67 bits per heavy atom. The number of benzene rings is 3. The Balaban J connectivity index is 1.84. The number of aryl methyl sites for hydroxylation is 1. The maximum atomic E-state index is 13.5. The van der Waals surface area contributed by atoms with Crippen LogP contribution < -0.4 is 0 Å². The summed E-state index contributed by atoms with van der Waals surface area (Å²) >= 11 is 6.31. The van der Waals surface area contributed by atoms with Crippen molar-refractivity contribution in [1.29, 1.82) is 0 Å². The summed E-state index contributed by atoms with van der Waals surface area (Å²) in [7, 11) is 0. The highest BCUT2D eigenvalue weighted by molar-refractivity contribution is 6.33. The molecule has 3 heteroatoms. The van der Waals surface area contributed by atoms with Gasteiger partial charge in [-0.3, -0.25) is 4.79 Å². The SMILES string of the molecule is CCCCCn1cc(C(=O)c2cc(Cl)cc3ccccc23)c2ccccc21. The number of ketones is 1. The molecule has 0 fully saturated rings.